The fraction of sp³-hybridized carbons (Fsp3) is 0.444. The Morgan fingerprint density at radius 2 is 2.00 bits per heavy atom. The molecule has 0 aromatic rings. The number of hydrogen-bond acceptors (Lipinski definition) is 2. The normalized spacial score (nSPS) is 13.2. The van der Waals surface area contributed by atoms with E-state index in [-0.39, 0.29) is 6.61 Å². The van der Waals surface area contributed by atoms with Gasteiger partial charge < -0.3 is 4.74 Å². The zero-order chi connectivity index (χ0) is 11.4. The number of hydrogen-bond donors (Lipinski definition) is 0. The molecule has 0 aromatic carbocycles. The quantitative estimate of drug-likeness (QED) is 0.405. The number of rotatable bonds is 3. The van der Waals surface area contributed by atoms with E-state index >= 15 is 0 Å². The Morgan fingerprint density at radius 3 is 2.29 bits per heavy atom. The van der Waals surface area contributed by atoms with E-state index in [0.29, 0.717) is 0 Å². The van der Waals surface area contributed by atoms with Crippen molar-refractivity contribution < 1.29 is 22.7 Å². The second-order valence-electron chi connectivity index (χ2n) is 2.46. The summed E-state index contributed by atoms with van der Waals surface area (Å²) in [6, 6.07) is 0. The fourth-order valence-corrected chi connectivity index (χ4v) is 0.751. The van der Waals surface area contributed by atoms with Crippen LogP contribution in [0.5, 0.6) is 0 Å². The topological polar surface area (TPSA) is 26.3 Å². The van der Waals surface area contributed by atoms with Gasteiger partial charge in [-0.2, -0.15) is 13.2 Å². The van der Waals surface area contributed by atoms with Gasteiger partial charge in [0.25, 0.3) is 0 Å². The van der Waals surface area contributed by atoms with Crippen molar-refractivity contribution in [1.29, 1.82) is 0 Å². The molecule has 0 fully saturated rings. The van der Waals surface area contributed by atoms with Gasteiger partial charge >= 0.3 is 12.1 Å². The van der Waals surface area contributed by atoms with E-state index in [2.05, 4.69) is 11.3 Å². The molecule has 5 heteroatoms. The van der Waals surface area contributed by atoms with Gasteiger partial charge in [-0.25, -0.2) is 4.79 Å². The van der Waals surface area contributed by atoms with Gasteiger partial charge in [0.2, 0.25) is 0 Å². The standard InChI is InChI=1S/C9H11F3O2/c1-4-7(8(13)14-5-2)6(3)9(10,11)12/h4H,1,5H2,2-3H3/b7-6-. The molecule has 14 heavy (non-hydrogen) atoms. The molecule has 0 bridgehead atoms. The Labute approximate surface area is 80.1 Å². The zero-order valence-electron chi connectivity index (χ0n) is 7.94. The van der Waals surface area contributed by atoms with E-state index in [1.54, 1.807) is 0 Å². The van der Waals surface area contributed by atoms with Crippen molar-refractivity contribution in [2.24, 2.45) is 0 Å². The lowest BCUT2D eigenvalue weighted by Crippen LogP contribution is -2.16. The lowest BCUT2D eigenvalue weighted by molar-refractivity contribution is -0.139. The van der Waals surface area contributed by atoms with Crippen LogP contribution in [0.3, 0.4) is 0 Å². The van der Waals surface area contributed by atoms with Gasteiger partial charge in [-0.3, -0.25) is 0 Å². The first-order valence-corrected chi connectivity index (χ1v) is 3.92. The second-order valence-corrected chi connectivity index (χ2v) is 2.46. The molecule has 0 N–H and O–H groups in total. The molecule has 0 aliphatic rings. The summed E-state index contributed by atoms with van der Waals surface area (Å²) in [4.78, 5) is 11.0. The van der Waals surface area contributed by atoms with Crippen LogP contribution in [0.1, 0.15) is 13.8 Å². The van der Waals surface area contributed by atoms with Crippen molar-refractivity contribution in [1.82, 2.24) is 0 Å². The predicted molar refractivity (Wildman–Crippen MR) is 45.6 cm³/mol. The van der Waals surface area contributed by atoms with Gasteiger partial charge in [0.1, 0.15) is 0 Å². The number of alkyl halides is 3. The first kappa shape index (κ1) is 12.7. The SMILES string of the molecule is C=C/C(C(=O)OCC)=C(\C)C(F)(F)F. The highest BCUT2D eigenvalue weighted by Gasteiger charge is 2.34. The summed E-state index contributed by atoms with van der Waals surface area (Å²) in [7, 11) is 0. The molecule has 0 aliphatic carbocycles. The third-order valence-electron chi connectivity index (χ3n) is 1.53. The summed E-state index contributed by atoms with van der Waals surface area (Å²) < 4.78 is 41.0. The molecule has 0 rings (SSSR count). The molecule has 0 atom stereocenters. The number of ether oxygens (including phenoxy) is 1. The third kappa shape index (κ3) is 3.24. The van der Waals surface area contributed by atoms with Crippen LogP contribution in [0.2, 0.25) is 0 Å². The molecular weight excluding hydrogens is 197 g/mol. The molecule has 80 valence electrons. The number of halogens is 3. The van der Waals surface area contributed by atoms with Gasteiger partial charge in [0.05, 0.1) is 12.2 Å². The predicted octanol–water partition coefficient (Wildman–Crippen LogP) is 2.61. The van der Waals surface area contributed by atoms with Crippen LogP contribution in [0.4, 0.5) is 13.2 Å². The largest absolute Gasteiger partial charge is 0.462 e. The average Bonchev–Trinajstić information content (AvgIpc) is 2.04. The Balaban J connectivity index is 5.04. The van der Waals surface area contributed by atoms with E-state index in [9.17, 15) is 18.0 Å². The minimum atomic E-state index is -4.53. The van der Waals surface area contributed by atoms with Gasteiger partial charge in [0.15, 0.2) is 0 Å². The summed E-state index contributed by atoms with van der Waals surface area (Å²) in [5, 5.41) is 0. The summed E-state index contributed by atoms with van der Waals surface area (Å²) in [6.45, 7) is 5.50. The first-order valence-electron chi connectivity index (χ1n) is 3.92. The third-order valence-corrected chi connectivity index (χ3v) is 1.53. The Morgan fingerprint density at radius 1 is 1.50 bits per heavy atom. The summed E-state index contributed by atoms with van der Waals surface area (Å²) >= 11 is 0. The van der Waals surface area contributed by atoms with Crippen molar-refractivity contribution in [2.75, 3.05) is 6.61 Å². The summed E-state index contributed by atoms with van der Waals surface area (Å²) in [5.41, 5.74) is -1.54. The van der Waals surface area contributed by atoms with Gasteiger partial charge in [-0.1, -0.05) is 12.7 Å². The second kappa shape index (κ2) is 4.83. The van der Waals surface area contributed by atoms with E-state index in [1.807, 2.05) is 0 Å². The lowest BCUT2D eigenvalue weighted by Gasteiger charge is -2.10. The molecule has 0 amide bonds. The molecule has 0 unspecified atom stereocenters. The van der Waals surface area contributed by atoms with Crippen molar-refractivity contribution in [2.45, 2.75) is 20.0 Å². The number of esters is 1. The van der Waals surface area contributed by atoms with Crippen molar-refractivity contribution in [3.05, 3.63) is 23.8 Å². The highest BCUT2D eigenvalue weighted by atomic mass is 19.4. The number of allylic oxidation sites excluding steroid dienone is 1. The van der Waals surface area contributed by atoms with Gasteiger partial charge in [-0.15, -0.1) is 0 Å². The molecule has 0 spiro atoms. The van der Waals surface area contributed by atoms with E-state index < -0.39 is 23.3 Å². The summed E-state index contributed by atoms with van der Waals surface area (Å²) in [5.74, 6) is -1.00. The van der Waals surface area contributed by atoms with Crippen LogP contribution in [0.15, 0.2) is 23.8 Å². The average molecular weight is 208 g/mol. The molecule has 0 radical (unpaired) electrons. The van der Waals surface area contributed by atoms with Crippen LogP contribution in [0, 0.1) is 0 Å². The van der Waals surface area contributed by atoms with Crippen LogP contribution in [-0.4, -0.2) is 18.8 Å². The maximum Gasteiger partial charge on any atom is 0.413 e. The van der Waals surface area contributed by atoms with E-state index in [4.69, 9.17) is 0 Å². The highest BCUT2D eigenvalue weighted by molar-refractivity contribution is 5.92. The van der Waals surface area contributed by atoms with Crippen molar-refractivity contribution in [3.63, 3.8) is 0 Å². The molecule has 0 heterocycles. The number of carbonyl (C=O) groups excluding carboxylic acids is 1. The maximum absolute atomic E-state index is 12.2. The van der Waals surface area contributed by atoms with Crippen LogP contribution in [0.25, 0.3) is 0 Å². The van der Waals surface area contributed by atoms with Crippen LogP contribution >= 0.6 is 0 Å². The first-order chi connectivity index (χ1) is 6.34. The maximum atomic E-state index is 12.2. The molecule has 0 saturated carbocycles. The molecule has 2 nitrogen and oxygen atoms in total. The Bertz CT molecular complexity index is 264. The van der Waals surface area contributed by atoms with Gasteiger partial charge in [-0.05, 0) is 13.8 Å². The Hall–Kier alpha value is -1.26. The lowest BCUT2D eigenvalue weighted by atomic mass is 10.1. The van der Waals surface area contributed by atoms with Crippen LogP contribution in [-0.2, 0) is 9.53 Å². The smallest absolute Gasteiger partial charge is 0.413 e. The molecule has 0 saturated heterocycles. The minimum absolute atomic E-state index is 0.0291. The zero-order valence-corrected chi connectivity index (χ0v) is 7.94. The van der Waals surface area contributed by atoms with E-state index in [0.717, 1.165) is 13.0 Å². The fourth-order valence-electron chi connectivity index (χ4n) is 0.751. The highest BCUT2D eigenvalue weighted by Crippen LogP contribution is 2.28. The van der Waals surface area contributed by atoms with Crippen molar-refractivity contribution >= 4 is 5.97 Å². The van der Waals surface area contributed by atoms with E-state index in [1.165, 1.54) is 6.92 Å². The monoisotopic (exact) mass is 208 g/mol. The number of carbonyl (C=O) groups is 1. The molecule has 0 aromatic heterocycles. The minimum Gasteiger partial charge on any atom is -0.462 e. The molecule has 0 aliphatic heterocycles. The van der Waals surface area contributed by atoms with Gasteiger partial charge in [0, 0.05) is 5.57 Å². The van der Waals surface area contributed by atoms with Crippen LogP contribution < -0.4 is 0 Å². The van der Waals surface area contributed by atoms with Crippen molar-refractivity contribution in [3.8, 4) is 0 Å². The molecular formula is C9H11F3O2. The Kier molecular flexibility index (Phi) is 4.40. The summed E-state index contributed by atoms with van der Waals surface area (Å²) in [6.07, 6.45) is -3.68.